The van der Waals surface area contributed by atoms with Crippen molar-refractivity contribution in [2.75, 3.05) is 32.8 Å². The van der Waals surface area contributed by atoms with Gasteiger partial charge in [-0.1, -0.05) is 12.1 Å². The lowest BCUT2D eigenvalue weighted by Gasteiger charge is -2.22. The number of carbonyl (C=O) groups excluding carboxylic acids is 2. The number of benzene rings is 2. The fraction of sp³-hybridized carbons (Fsp3) is 0.433. The average Bonchev–Trinajstić information content (AvgIpc) is 3.51. The monoisotopic (exact) mass is 545 g/mol. The van der Waals surface area contributed by atoms with Gasteiger partial charge in [0.15, 0.2) is 6.61 Å². The molecule has 1 aliphatic carbocycles. The Morgan fingerprint density at radius 2 is 1.90 bits per heavy atom. The first-order valence-electron chi connectivity index (χ1n) is 14.0. The Balaban J connectivity index is 1.21. The SMILES string of the molecule is O=C1COc2cc(OCC3CC3)cc(c2)C(=O)N[C@H]2CN(CCCn3cccn3)C[C@@H]2Oc2ccc(cc2)CN1. The van der Waals surface area contributed by atoms with Crippen molar-refractivity contribution in [3.05, 3.63) is 72.1 Å². The number of nitrogens with zero attached hydrogens (tertiary/aromatic N) is 3. The molecule has 2 N–H and O–H groups in total. The van der Waals surface area contributed by atoms with Crippen LogP contribution in [0, 0.1) is 5.92 Å². The van der Waals surface area contributed by atoms with Crippen molar-refractivity contribution in [3.63, 3.8) is 0 Å². The van der Waals surface area contributed by atoms with E-state index in [-0.39, 0.29) is 30.6 Å². The number of aryl methyl sites for hydroxylation is 1. The molecule has 3 aliphatic heterocycles. The van der Waals surface area contributed by atoms with E-state index in [1.165, 1.54) is 0 Å². The molecule has 10 heteroatoms. The zero-order valence-corrected chi connectivity index (χ0v) is 22.5. The molecule has 1 aromatic heterocycles. The van der Waals surface area contributed by atoms with Crippen LogP contribution in [0.1, 0.15) is 35.2 Å². The summed E-state index contributed by atoms with van der Waals surface area (Å²) in [4.78, 5) is 28.3. The Hall–Kier alpha value is -4.05. The molecule has 4 aliphatic rings. The molecule has 1 saturated heterocycles. The highest BCUT2D eigenvalue weighted by Crippen LogP contribution is 2.31. The van der Waals surface area contributed by atoms with Crippen molar-refractivity contribution >= 4 is 11.8 Å². The Labute approximate surface area is 233 Å². The Bertz CT molecular complexity index is 1310. The molecule has 3 aromatic rings. The van der Waals surface area contributed by atoms with Crippen molar-refractivity contribution in [1.82, 2.24) is 25.3 Å². The average molecular weight is 546 g/mol. The molecule has 2 aromatic carbocycles. The molecule has 210 valence electrons. The second-order valence-corrected chi connectivity index (χ2v) is 10.8. The van der Waals surface area contributed by atoms with Crippen molar-refractivity contribution in [1.29, 1.82) is 0 Å². The van der Waals surface area contributed by atoms with E-state index in [9.17, 15) is 9.59 Å². The minimum Gasteiger partial charge on any atom is -0.493 e. The quantitative estimate of drug-likeness (QED) is 0.470. The maximum atomic E-state index is 13.5. The van der Waals surface area contributed by atoms with Crippen molar-refractivity contribution in [2.24, 2.45) is 5.92 Å². The molecular formula is C30H35N5O5. The standard InChI is InChI=1S/C30H35N5O5/c36-29-20-39-26-14-23(13-25(15-26)38-19-22-3-4-22)30(37)33-27-17-34(10-2-12-35-11-1-9-32-35)18-28(27)40-24-7-5-21(6-8-24)16-31-29/h1,5-9,11,13-15,22,27-28H,2-4,10,12,16-20H2,(H,31,36)(H,33,37)/t27-,28-/m0/s1. The summed E-state index contributed by atoms with van der Waals surface area (Å²) in [6, 6.07) is 14.5. The van der Waals surface area contributed by atoms with Gasteiger partial charge in [0.2, 0.25) is 0 Å². The fourth-order valence-corrected chi connectivity index (χ4v) is 5.06. The van der Waals surface area contributed by atoms with Crippen LogP contribution in [0.3, 0.4) is 0 Å². The van der Waals surface area contributed by atoms with Gasteiger partial charge in [-0.05, 0) is 61.1 Å². The highest BCUT2D eigenvalue weighted by molar-refractivity contribution is 5.95. The number of nitrogens with one attached hydrogen (secondary N) is 2. The zero-order chi connectivity index (χ0) is 27.3. The maximum absolute atomic E-state index is 13.5. The van der Waals surface area contributed by atoms with Crippen LogP contribution in [0.4, 0.5) is 0 Å². The highest BCUT2D eigenvalue weighted by atomic mass is 16.5. The lowest BCUT2D eigenvalue weighted by Crippen LogP contribution is -2.45. The van der Waals surface area contributed by atoms with Crippen LogP contribution in [0.5, 0.6) is 17.2 Å². The lowest BCUT2D eigenvalue weighted by atomic mass is 10.1. The second-order valence-electron chi connectivity index (χ2n) is 10.8. The van der Waals surface area contributed by atoms with E-state index in [0.717, 1.165) is 43.7 Å². The third-order valence-corrected chi connectivity index (χ3v) is 7.47. The third kappa shape index (κ3) is 6.93. The van der Waals surface area contributed by atoms with E-state index in [1.807, 2.05) is 41.2 Å². The van der Waals surface area contributed by atoms with Crippen LogP contribution >= 0.6 is 0 Å². The van der Waals surface area contributed by atoms with Crippen LogP contribution in [-0.4, -0.2) is 71.5 Å². The number of likely N-dealkylation sites (tertiary alicyclic amines) is 1. The Morgan fingerprint density at radius 1 is 1.02 bits per heavy atom. The number of rotatable bonds is 7. The minimum atomic E-state index is -0.248. The molecule has 4 heterocycles. The number of ether oxygens (including phenoxy) is 3. The summed E-state index contributed by atoms with van der Waals surface area (Å²) < 4.78 is 20.1. The Kier molecular flexibility index (Phi) is 7.85. The van der Waals surface area contributed by atoms with Crippen LogP contribution in [0.15, 0.2) is 60.9 Å². The van der Waals surface area contributed by atoms with Crippen LogP contribution in [0.2, 0.25) is 0 Å². The summed E-state index contributed by atoms with van der Waals surface area (Å²) in [5.74, 6) is 1.78. The zero-order valence-electron chi connectivity index (χ0n) is 22.5. The van der Waals surface area contributed by atoms with Crippen LogP contribution < -0.4 is 24.8 Å². The number of fused-ring (bicyclic) bond motifs is 7. The molecule has 1 saturated carbocycles. The van der Waals surface area contributed by atoms with E-state index < -0.39 is 0 Å². The molecular weight excluding hydrogens is 510 g/mol. The Morgan fingerprint density at radius 3 is 2.70 bits per heavy atom. The van der Waals surface area contributed by atoms with Gasteiger partial charge in [0, 0.05) is 56.7 Å². The number of carbonyl (C=O) groups is 2. The largest absolute Gasteiger partial charge is 0.493 e. The first kappa shape index (κ1) is 26.2. The topological polar surface area (TPSA) is 107 Å². The summed E-state index contributed by atoms with van der Waals surface area (Å²) in [6.07, 6.45) is 6.79. The molecule has 10 nitrogen and oxygen atoms in total. The van der Waals surface area contributed by atoms with E-state index >= 15 is 0 Å². The molecule has 40 heavy (non-hydrogen) atoms. The lowest BCUT2D eigenvalue weighted by molar-refractivity contribution is -0.123. The molecule has 0 radical (unpaired) electrons. The van der Waals surface area contributed by atoms with Gasteiger partial charge in [0.25, 0.3) is 11.8 Å². The normalized spacial score (nSPS) is 21.5. The van der Waals surface area contributed by atoms with Crippen LogP contribution in [0.25, 0.3) is 0 Å². The first-order chi connectivity index (χ1) is 19.6. The highest BCUT2D eigenvalue weighted by Gasteiger charge is 2.35. The van der Waals surface area contributed by atoms with Crippen LogP contribution in [-0.2, 0) is 17.9 Å². The van der Waals surface area contributed by atoms with Gasteiger partial charge < -0.3 is 24.8 Å². The molecule has 7 rings (SSSR count). The van der Waals surface area contributed by atoms with Gasteiger partial charge in [-0.2, -0.15) is 5.10 Å². The molecule has 4 bridgehead atoms. The summed E-state index contributed by atoms with van der Waals surface area (Å²) in [7, 11) is 0. The molecule has 2 amide bonds. The first-order valence-corrected chi connectivity index (χ1v) is 14.0. The van der Waals surface area contributed by atoms with Crippen molar-refractivity contribution in [2.45, 2.75) is 44.5 Å². The summed E-state index contributed by atoms with van der Waals surface area (Å²) in [5, 5.41) is 10.4. The second kappa shape index (κ2) is 12.0. The molecule has 2 atom stereocenters. The number of hydrogen-bond donors (Lipinski definition) is 2. The fourth-order valence-electron chi connectivity index (χ4n) is 5.06. The van der Waals surface area contributed by atoms with Gasteiger partial charge >= 0.3 is 0 Å². The summed E-state index contributed by atoms with van der Waals surface area (Å²) in [5.41, 5.74) is 1.38. The van der Waals surface area contributed by atoms with Gasteiger partial charge in [0.1, 0.15) is 23.4 Å². The van der Waals surface area contributed by atoms with Gasteiger partial charge in [0.05, 0.1) is 12.6 Å². The van der Waals surface area contributed by atoms with Gasteiger partial charge in [-0.3, -0.25) is 19.2 Å². The molecule has 2 fully saturated rings. The number of aromatic nitrogens is 2. The third-order valence-electron chi connectivity index (χ3n) is 7.47. The van der Waals surface area contributed by atoms with E-state index in [0.29, 0.717) is 49.2 Å². The van der Waals surface area contributed by atoms with E-state index in [4.69, 9.17) is 14.2 Å². The maximum Gasteiger partial charge on any atom is 0.258 e. The molecule has 0 unspecified atom stereocenters. The number of amides is 2. The summed E-state index contributed by atoms with van der Waals surface area (Å²) >= 11 is 0. The minimum absolute atomic E-state index is 0.160. The van der Waals surface area contributed by atoms with Gasteiger partial charge in [-0.15, -0.1) is 0 Å². The predicted octanol–water partition coefficient (Wildman–Crippen LogP) is 2.63. The summed E-state index contributed by atoms with van der Waals surface area (Å²) in [6.45, 7) is 3.90. The number of hydrogen-bond acceptors (Lipinski definition) is 7. The molecule has 0 spiro atoms. The van der Waals surface area contributed by atoms with E-state index in [2.05, 4.69) is 20.6 Å². The van der Waals surface area contributed by atoms with Crippen molar-refractivity contribution in [3.8, 4) is 17.2 Å². The van der Waals surface area contributed by atoms with Gasteiger partial charge in [-0.25, -0.2) is 0 Å². The smallest absolute Gasteiger partial charge is 0.258 e. The predicted molar refractivity (Wildman–Crippen MR) is 147 cm³/mol. The van der Waals surface area contributed by atoms with Crippen molar-refractivity contribution < 1.29 is 23.8 Å². The van der Waals surface area contributed by atoms with E-state index in [1.54, 1.807) is 24.4 Å².